The number of Topliss-reactive ketones (excluding diaryl/α,β-unsaturated/α-hetero) is 2. The van der Waals surface area contributed by atoms with Crippen LogP contribution in [0.4, 0.5) is 0 Å². The van der Waals surface area contributed by atoms with E-state index >= 15 is 0 Å². The van der Waals surface area contributed by atoms with Gasteiger partial charge < -0.3 is 20.4 Å². The molecule has 0 aliphatic heterocycles. The van der Waals surface area contributed by atoms with Crippen LogP contribution in [-0.2, 0) is 9.59 Å². The fourth-order valence-electron chi connectivity index (χ4n) is 0.972. The second-order valence-corrected chi connectivity index (χ2v) is 2.58. The summed E-state index contributed by atoms with van der Waals surface area (Å²) in [4.78, 5) is 21.4. The highest BCUT2D eigenvalue weighted by atomic mass is 16.4. The van der Waals surface area contributed by atoms with E-state index in [0.29, 0.717) is 0 Å². The lowest BCUT2D eigenvalue weighted by molar-refractivity contribution is -0.170. The Labute approximate surface area is 67.1 Å². The van der Waals surface area contributed by atoms with Crippen LogP contribution in [0.25, 0.3) is 0 Å². The zero-order valence-corrected chi connectivity index (χ0v) is 5.91. The summed E-state index contributed by atoms with van der Waals surface area (Å²) in [6.07, 6.45) is -7.74. The molecule has 0 radical (unpaired) electrons. The number of hydrogen-bond acceptors (Lipinski definition) is 6. The Morgan fingerprint density at radius 3 is 1.00 bits per heavy atom. The van der Waals surface area contributed by atoms with Gasteiger partial charge in [0, 0.05) is 0 Å². The quantitative estimate of drug-likeness (QED) is 0.305. The molecule has 0 aromatic rings. The molecule has 6 heteroatoms. The van der Waals surface area contributed by atoms with E-state index in [0.717, 1.165) is 0 Å². The van der Waals surface area contributed by atoms with E-state index in [1.54, 1.807) is 0 Å². The molecule has 0 spiro atoms. The van der Waals surface area contributed by atoms with Crippen LogP contribution in [0.1, 0.15) is 0 Å². The molecule has 0 saturated heterocycles. The van der Waals surface area contributed by atoms with Crippen molar-refractivity contribution in [3.05, 3.63) is 0 Å². The van der Waals surface area contributed by atoms with Crippen molar-refractivity contribution in [2.24, 2.45) is 0 Å². The van der Waals surface area contributed by atoms with Crippen molar-refractivity contribution in [2.75, 3.05) is 0 Å². The third-order valence-electron chi connectivity index (χ3n) is 1.76. The highest BCUT2D eigenvalue weighted by molar-refractivity contribution is 6.04. The molecule has 0 heterocycles. The van der Waals surface area contributed by atoms with E-state index < -0.39 is 36.0 Å². The Hall–Kier alpha value is -0.820. The van der Waals surface area contributed by atoms with Crippen LogP contribution in [0.2, 0.25) is 0 Å². The van der Waals surface area contributed by atoms with Crippen molar-refractivity contribution in [2.45, 2.75) is 24.4 Å². The summed E-state index contributed by atoms with van der Waals surface area (Å²) in [5.41, 5.74) is 0. The van der Waals surface area contributed by atoms with Crippen LogP contribution in [0, 0.1) is 0 Å². The van der Waals surface area contributed by atoms with Crippen LogP contribution in [0.15, 0.2) is 0 Å². The Balaban J connectivity index is 2.91. The fourth-order valence-corrected chi connectivity index (χ4v) is 0.972. The maximum absolute atomic E-state index is 10.7. The van der Waals surface area contributed by atoms with Crippen molar-refractivity contribution in [1.82, 2.24) is 0 Å². The molecule has 0 aromatic carbocycles. The van der Waals surface area contributed by atoms with Gasteiger partial charge >= 0.3 is 0 Å². The van der Waals surface area contributed by atoms with E-state index in [-0.39, 0.29) is 0 Å². The highest BCUT2D eigenvalue weighted by Gasteiger charge is 2.47. The molecular formula is C6H8O6. The second-order valence-electron chi connectivity index (χ2n) is 2.58. The third kappa shape index (κ3) is 1.14. The molecular weight excluding hydrogens is 168 g/mol. The molecule has 0 aromatic heterocycles. The van der Waals surface area contributed by atoms with Crippen LogP contribution in [0.3, 0.4) is 0 Å². The summed E-state index contributed by atoms with van der Waals surface area (Å²) in [6.45, 7) is 0. The molecule has 1 aliphatic carbocycles. The van der Waals surface area contributed by atoms with Crippen LogP contribution >= 0.6 is 0 Å². The summed E-state index contributed by atoms with van der Waals surface area (Å²) >= 11 is 0. The smallest absolute Gasteiger partial charge is 0.195 e. The van der Waals surface area contributed by atoms with Gasteiger partial charge in [0.1, 0.15) is 24.4 Å². The van der Waals surface area contributed by atoms with Gasteiger partial charge in [-0.3, -0.25) is 9.59 Å². The molecule has 0 bridgehead atoms. The van der Waals surface area contributed by atoms with E-state index in [1.807, 2.05) is 0 Å². The Bertz CT molecular complexity index is 180. The molecule has 4 atom stereocenters. The lowest BCUT2D eigenvalue weighted by Gasteiger charge is -2.28. The first-order chi connectivity index (χ1) is 5.46. The molecule has 4 unspecified atom stereocenters. The van der Waals surface area contributed by atoms with Gasteiger partial charge in [-0.15, -0.1) is 0 Å². The molecule has 1 saturated carbocycles. The third-order valence-corrected chi connectivity index (χ3v) is 1.76. The van der Waals surface area contributed by atoms with Crippen LogP contribution < -0.4 is 0 Å². The summed E-state index contributed by atoms with van der Waals surface area (Å²) in [5.74, 6) is -2.29. The van der Waals surface area contributed by atoms with Gasteiger partial charge in [0.2, 0.25) is 0 Å². The summed E-state index contributed by atoms with van der Waals surface area (Å²) in [6, 6.07) is 0. The van der Waals surface area contributed by atoms with E-state index in [4.69, 9.17) is 20.4 Å². The van der Waals surface area contributed by atoms with Gasteiger partial charge in [0.15, 0.2) is 11.6 Å². The SMILES string of the molecule is O=C1C(O)C(O)C(=O)C(O)C1O. The predicted octanol–water partition coefficient (Wildman–Crippen LogP) is -3.42. The van der Waals surface area contributed by atoms with Crippen molar-refractivity contribution >= 4 is 11.6 Å². The number of hydrogen-bond donors (Lipinski definition) is 4. The molecule has 12 heavy (non-hydrogen) atoms. The van der Waals surface area contributed by atoms with Crippen molar-refractivity contribution in [1.29, 1.82) is 0 Å². The van der Waals surface area contributed by atoms with Crippen LogP contribution in [0.5, 0.6) is 0 Å². The first-order valence-corrected chi connectivity index (χ1v) is 3.26. The average molecular weight is 176 g/mol. The summed E-state index contributed by atoms with van der Waals surface area (Å²) in [7, 11) is 0. The van der Waals surface area contributed by atoms with E-state index in [1.165, 1.54) is 0 Å². The van der Waals surface area contributed by atoms with Crippen molar-refractivity contribution in [3.8, 4) is 0 Å². The monoisotopic (exact) mass is 176 g/mol. The fraction of sp³-hybridized carbons (Fsp3) is 0.667. The topological polar surface area (TPSA) is 115 Å². The minimum atomic E-state index is -1.93. The average Bonchev–Trinajstić information content (AvgIpc) is 2.08. The number of aliphatic hydroxyl groups excluding tert-OH is 4. The van der Waals surface area contributed by atoms with Gasteiger partial charge in [0.25, 0.3) is 0 Å². The van der Waals surface area contributed by atoms with Gasteiger partial charge in [-0.2, -0.15) is 0 Å². The molecule has 1 fully saturated rings. The first kappa shape index (κ1) is 9.27. The zero-order chi connectivity index (χ0) is 9.46. The Morgan fingerprint density at radius 1 is 0.667 bits per heavy atom. The summed E-state index contributed by atoms with van der Waals surface area (Å²) < 4.78 is 0. The standard InChI is InChI=1S/C6H8O6/c7-1-2(8)4(10)6(12)5(11)3(1)9/h1-2,5-8,11-12H. The number of carbonyl (C=O) groups excluding carboxylic acids is 2. The number of carbonyl (C=O) groups is 2. The Morgan fingerprint density at radius 2 is 0.833 bits per heavy atom. The molecule has 6 nitrogen and oxygen atoms in total. The minimum Gasteiger partial charge on any atom is -0.382 e. The largest absolute Gasteiger partial charge is 0.382 e. The molecule has 0 amide bonds. The van der Waals surface area contributed by atoms with Crippen molar-refractivity contribution < 1.29 is 30.0 Å². The normalized spacial score (nSPS) is 43.3. The van der Waals surface area contributed by atoms with Gasteiger partial charge in [-0.05, 0) is 0 Å². The summed E-state index contributed by atoms with van der Waals surface area (Å²) in [5, 5.41) is 35.3. The van der Waals surface area contributed by atoms with Crippen LogP contribution in [-0.4, -0.2) is 56.4 Å². The van der Waals surface area contributed by atoms with E-state index in [2.05, 4.69) is 0 Å². The lowest BCUT2D eigenvalue weighted by atomic mass is 9.88. The highest BCUT2D eigenvalue weighted by Crippen LogP contribution is 2.13. The zero-order valence-electron chi connectivity index (χ0n) is 5.91. The minimum absolute atomic E-state index is 1.14. The predicted molar refractivity (Wildman–Crippen MR) is 34.0 cm³/mol. The lowest BCUT2D eigenvalue weighted by Crippen LogP contribution is -2.59. The van der Waals surface area contributed by atoms with Gasteiger partial charge in [-0.1, -0.05) is 0 Å². The van der Waals surface area contributed by atoms with Gasteiger partial charge in [0.05, 0.1) is 0 Å². The Kier molecular flexibility index (Phi) is 2.25. The number of ketones is 2. The first-order valence-electron chi connectivity index (χ1n) is 3.26. The van der Waals surface area contributed by atoms with Crippen molar-refractivity contribution in [3.63, 3.8) is 0 Å². The number of aliphatic hydroxyl groups is 4. The molecule has 1 aliphatic rings. The molecule has 4 N–H and O–H groups in total. The maximum Gasteiger partial charge on any atom is 0.195 e. The second kappa shape index (κ2) is 2.91. The molecule has 1 rings (SSSR count). The van der Waals surface area contributed by atoms with Gasteiger partial charge in [-0.25, -0.2) is 0 Å². The molecule has 68 valence electrons. The maximum atomic E-state index is 10.7. The number of rotatable bonds is 0. The van der Waals surface area contributed by atoms with E-state index in [9.17, 15) is 9.59 Å².